The molecule has 2 aliphatic rings. The smallest absolute Gasteiger partial charge is 0.124 e. The van der Waals surface area contributed by atoms with E-state index in [1.54, 1.807) is 0 Å². The van der Waals surface area contributed by atoms with Crippen LogP contribution in [0.5, 0.6) is 23.0 Å². The van der Waals surface area contributed by atoms with Crippen molar-refractivity contribution in [2.24, 2.45) is 5.41 Å². The molecule has 62 heavy (non-hydrogen) atoms. The highest BCUT2D eigenvalue weighted by molar-refractivity contribution is 7.10. The van der Waals surface area contributed by atoms with Crippen LogP contribution in [0.1, 0.15) is 60.1 Å². The van der Waals surface area contributed by atoms with Crippen LogP contribution in [0, 0.1) is 5.41 Å². The van der Waals surface area contributed by atoms with Crippen LogP contribution in [0.4, 0.5) is 0 Å². The zero-order chi connectivity index (χ0) is 42.8. The quantitative estimate of drug-likeness (QED) is 0.0714. The molecule has 0 aromatic heterocycles. The molecule has 6 nitrogen and oxygen atoms in total. The Morgan fingerprint density at radius 3 is 0.984 bits per heavy atom. The molecule has 0 N–H and O–H groups in total. The van der Waals surface area contributed by atoms with E-state index in [4.69, 9.17) is 28.4 Å². The van der Waals surface area contributed by atoms with E-state index in [0.29, 0.717) is 52.9 Å². The summed E-state index contributed by atoms with van der Waals surface area (Å²) in [7, 11) is -2.49. The highest BCUT2D eigenvalue weighted by Crippen LogP contribution is 2.60. The molecule has 6 aromatic rings. The van der Waals surface area contributed by atoms with Crippen LogP contribution in [-0.4, -0.2) is 34.5 Å². The Morgan fingerprint density at radius 2 is 0.710 bits per heavy atom. The lowest BCUT2D eigenvalue weighted by Gasteiger charge is -2.32. The maximum atomic E-state index is 6.61. The Labute approximate surface area is 368 Å². The maximum absolute atomic E-state index is 6.61. The molecular formula is C55H58O6Si. The Morgan fingerprint density at radius 1 is 0.419 bits per heavy atom. The molecule has 1 aliphatic carbocycles. The van der Waals surface area contributed by atoms with Crippen LogP contribution in [-0.2, 0) is 35.9 Å². The van der Waals surface area contributed by atoms with Crippen molar-refractivity contribution in [1.82, 2.24) is 0 Å². The van der Waals surface area contributed by atoms with Gasteiger partial charge in [-0.1, -0.05) is 134 Å². The predicted molar refractivity (Wildman–Crippen MR) is 252 cm³/mol. The summed E-state index contributed by atoms with van der Waals surface area (Å²) in [5.74, 6) is 3.12. The van der Waals surface area contributed by atoms with E-state index in [1.807, 2.05) is 84.9 Å². The van der Waals surface area contributed by atoms with Crippen molar-refractivity contribution >= 4 is 18.5 Å². The molecule has 0 atom stereocenters. The molecule has 0 amide bonds. The minimum absolute atomic E-state index is 0.208. The number of allylic oxidation sites excluding steroid dienone is 2. The van der Waals surface area contributed by atoms with Crippen molar-refractivity contribution in [3.63, 3.8) is 0 Å². The minimum Gasteiger partial charge on any atom is -0.489 e. The van der Waals surface area contributed by atoms with E-state index in [9.17, 15) is 0 Å². The van der Waals surface area contributed by atoms with Gasteiger partial charge in [0, 0.05) is 30.8 Å². The van der Waals surface area contributed by atoms with Gasteiger partial charge in [-0.25, -0.2) is 0 Å². The molecule has 0 spiro atoms. The largest absolute Gasteiger partial charge is 0.489 e. The third-order valence-corrected chi connectivity index (χ3v) is 15.6. The summed E-state index contributed by atoms with van der Waals surface area (Å²) < 4.78 is 39.0. The number of fused-ring (bicyclic) bond motifs is 1. The van der Waals surface area contributed by atoms with Crippen molar-refractivity contribution in [2.45, 2.75) is 66.2 Å². The number of benzene rings is 6. The van der Waals surface area contributed by atoms with Crippen LogP contribution >= 0.6 is 0 Å². The summed E-state index contributed by atoms with van der Waals surface area (Å²) in [6.07, 6.45) is 1.71. The number of rotatable bonds is 20. The van der Waals surface area contributed by atoms with Gasteiger partial charge in [-0.3, -0.25) is 0 Å². The molecule has 1 saturated carbocycles. The summed E-state index contributed by atoms with van der Waals surface area (Å²) in [6, 6.07) is 54.3. The third-order valence-electron chi connectivity index (χ3n) is 11.9. The first-order chi connectivity index (χ1) is 30.3. The van der Waals surface area contributed by atoms with E-state index < -0.39 is 8.07 Å². The topological polar surface area (TPSA) is 55.4 Å². The van der Waals surface area contributed by atoms with Gasteiger partial charge >= 0.3 is 0 Å². The van der Waals surface area contributed by atoms with E-state index in [1.165, 1.54) is 21.5 Å². The lowest BCUT2D eigenvalue weighted by molar-refractivity contribution is -0.00914. The Bertz CT molecular complexity index is 2170. The fourth-order valence-corrected chi connectivity index (χ4v) is 13.0. The highest BCUT2D eigenvalue weighted by Gasteiger charge is 2.51. The van der Waals surface area contributed by atoms with Crippen molar-refractivity contribution < 1.29 is 28.4 Å². The van der Waals surface area contributed by atoms with Crippen LogP contribution in [0.3, 0.4) is 0 Å². The van der Waals surface area contributed by atoms with Gasteiger partial charge in [-0.2, -0.15) is 0 Å². The summed E-state index contributed by atoms with van der Waals surface area (Å²) in [5, 5.41) is 2.80. The fourth-order valence-electron chi connectivity index (χ4n) is 9.07. The number of hydrogen-bond acceptors (Lipinski definition) is 6. The van der Waals surface area contributed by atoms with E-state index >= 15 is 0 Å². The molecule has 0 unspecified atom stereocenters. The maximum Gasteiger partial charge on any atom is 0.124 e. The van der Waals surface area contributed by atoms with E-state index in [2.05, 4.69) is 99.7 Å². The molecule has 0 saturated heterocycles. The van der Waals surface area contributed by atoms with Crippen molar-refractivity contribution in [2.75, 3.05) is 26.4 Å². The third kappa shape index (κ3) is 10.2. The zero-order valence-electron chi connectivity index (χ0n) is 36.5. The van der Waals surface area contributed by atoms with Gasteiger partial charge in [0.2, 0.25) is 0 Å². The summed E-state index contributed by atoms with van der Waals surface area (Å²) >= 11 is 0. The summed E-state index contributed by atoms with van der Waals surface area (Å²) in [5.41, 5.74) is 9.31. The molecule has 6 aromatic carbocycles. The first-order valence-corrected chi connectivity index (χ1v) is 24.9. The fraction of sp³-hybridized carbons (Fsp3) is 0.273. The van der Waals surface area contributed by atoms with Gasteiger partial charge in [0.05, 0.1) is 13.2 Å². The zero-order valence-corrected chi connectivity index (χ0v) is 37.5. The van der Waals surface area contributed by atoms with Crippen molar-refractivity contribution in [1.29, 1.82) is 0 Å². The minimum atomic E-state index is -2.49. The van der Waals surface area contributed by atoms with Gasteiger partial charge in [0.25, 0.3) is 0 Å². The highest BCUT2D eigenvalue weighted by atomic mass is 28.3. The Balaban J connectivity index is 1.24. The molecular weight excluding hydrogens is 785 g/mol. The number of ether oxygens (including phenoxy) is 6. The average Bonchev–Trinajstić information content (AvgIpc) is 3.76. The van der Waals surface area contributed by atoms with Gasteiger partial charge in [-0.15, -0.1) is 0 Å². The van der Waals surface area contributed by atoms with Crippen LogP contribution < -0.4 is 18.9 Å². The summed E-state index contributed by atoms with van der Waals surface area (Å²) in [6.45, 7) is 13.5. The molecule has 1 aliphatic heterocycles. The second kappa shape index (κ2) is 19.9. The second-order valence-electron chi connectivity index (χ2n) is 16.9. The van der Waals surface area contributed by atoms with E-state index in [-0.39, 0.29) is 5.41 Å². The van der Waals surface area contributed by atoms with E-state index in [0.717, 1.165) is 69.2 Å². The van der Waals surface area contributed by atoms with Crippen LogP contribution in [0.2, 0.25) is 13.1 Å². The average molecular weight is 843 g/mol. The number of hydrogen-bond donors (Lipinski definition) is 0. The monoisotopic (exact) mass is 842 g/mol. The first kappa shape index (κ1) is 42.8. The Kier molecular flexibility index (Phi) is 13.7. The van der Waals surface area contributed by atoms with Crippen LogP contribution in [0.15, 0.2) is 169 Å². The lowest BCUT2D eigenvalue weighted by atomic mass is 9.87. The SMILES string of the molecule is CCOCC1(COCC)CC2=C(c3cc(OCc4ccccc4)cc(OCc4ccccc4)c3)[Si](C)(C)C(c3cc(OCc4ccccc4)cc(OCc4ccccc4)c3)=C2C1. The normalized spacial score (nSPS) is 15.1. The predicted octanol–water partition coefficient (Wildman–Crippen LogP) is 12.9. The molecule has 0 radical (unpaired) electrons. The summed E-state index contributed by atoms with van der Waals surface area (Å²) in [4.78, 5) is 0. The molecule has 1 heterocycles. The van der Waals surface area contributed by atoms with Crippen LogP contribution in [0.25, 0.3) is 10.4 Å². The molecule has 7 heteroatoms. The van der Waals surface area contributed by atoms with Gasteiger partial charge in [0.15, 0.2) is 0 Å². The second-order valence-corrected chi connectivity index (χ2v) is 21.2. The first-order valence-electron chi connectivity index (χ1n) is 21.9. The Hall–Kier alpha value is -5.86. The van der Waals surface area contributed by atoms with Crippen molar-refractivity contribution in [3.05, 3.63) is 202 Å². The lowest BCUT2D eigenvalue weighted by Crippen LogP contribution is -2.33. The van der Waals surface area contributed by atoms with Gasteiger partial charge in [-0.05, 0) is 106 Å². The van der Waals surface area contributed by atoms with Crippen molar-refractivity contribution in [3.8, 4) is 23.0 Å². The molecule has 0 bridgehead atoms. The molecule has 8 rings (SSSR count). The molecule has 318 valence electrons. The van der Waals surface area contributed by atoms with Gasteiger partial charge in [0.1, 0.15) is 57.5 Å². The standard InChI is InChI=1S/C55H58O6Si/c1-5-56-39-55(40-57-6-2)33-51-52(34-55)54(46-29-49(60-37-43-23-15-9-16-24-43)32-50(30-46)61-38-44-25-17-10-18-26-44)62(3,4)53(51)45-27-47(58-35-41-19-11-7-12-20-41)31-48(28-45)59-36-42-21-13-8-14-22-42/h7-32H,5-6,33-40H2,1-4H3. The molecule has 1 fully saturated rings. The van der Waals surface area contributed by atoms with Gasteiger partial charge < -0.3 is 28.4 Å².